The number of nitrogens with one attached hydrogen (secondary N) is 2. The second-order valence-electron chi connectivity index (χ2n) is 26.7. The number of amides is 2. The van der Waals surface area contributed by atoms with Crippen LogP contribution in [0, 0.1) is 68.5 Å². The summed E-state index contributed by atoms with van der Waals surface area (Å²) in [6.45, 7) is 11.5. The smallest absolute Gasteiger partial charge is 0.306 e. The number of esters is 1. The number of thiol groups is 1. The third kappa shape index (κ3) is 10.6. The van der Waals surface area contributed by atoms with Gasteiger partial charge in [-0.3, -0.25) is 24.0 Å². The molecule has 2 aromatic heterocycles. The zero-order valence-electron chi connectivity index (χ0n) is 51.0. The Kier molecular flexibility index (Phi) is 17.9. The molecule has 4 aromatic rings. The van der Waals surface area contributed by atoms with Gasteiger partial charge in [0.2, 0.25) is 10.2 Å². The minimum atomic E-state index is -1.48. The minimum Gasteiger partial charge on any atom is -0.449 e. The summed E-state index contributed by atoms with van der Waals surface area (Å²) in [4.78, 5) is 64.4. The van der Waals surface area contributed by atoms with E-state index in [1.54, 1.807) is 30.4 Å². The molecule has 8 aliphatic carbocycles. The van der Waals surface area contributed by atoms with E-state index in [1.165, 1.54) is 11.1 Å². The minimum absolute atomic E-state index is 0.00244. The first-order valence-electron chi connectivity index (χ1n) is 30.9. The van der Waals surface area contributed by atoms with Crippen LogP contribution in [0.15, 0.2) is 72.1 Å². The molecule has 0 radical (unpaired) electrons. The van der Waals surface area contributed by atoms with E-state index in [-0.39, 0.29) is 75.4 Å². The van der Waals surface area contributed by atoms with Crippen molar-refractivity contribution in [3.8, 4) is 17.4 Å². The Morgan fingerprint density at radius 2 is 1.22 bits per heavy atom. The number of thioether (sulfide) groups is 3. The maximum absolute atomic E-state index is 13.8. The molecule has 2 aromatic carbocycles. The van der Waals surface area contributed by atoms with Gasteiger partial charge in [0.25, 0.3) is 11.8 Å². The van der Waals surface area contributed by atoms with Crippen LogP contribution in [0.5, 0.6) is 0 Å². The predicted molar refractivity (Wildman–Crippen MR) is 345 cm³/mol. The largest absolute Gasteiger partial charge is 0.449 e. The van der Waals surface area contributed by atoms with Crippen molar-refractivity contribution in [1.29, 1.82) is 5.26 Å². The monoisotopic (exact) mass is 1260 g/mol. The normalized spacial score (nSPS) is 34.0. The Bertz CT molecular complexity index is 3490. The Labute approximate surface area is 529 Å². The molecule has 0 unspecified atom stereocenters. The number of benzene rings is 2. The summed E-state index contributed by atoms with van der Waals surface area (Å²) in [5, 5.41) is 59.1. The highest BCUT2D eigenvalue weighted by Crippen LogP contribution is 2.70. The number of carbonyl (C=O) groups excluding carboxylic acids is 5. The summed E-state index contributed by atoms with van der Waals surface area (Å²) in [6, 6.07) is 17.2. The highest BCUT2D eigenvalue weighted by Gasteiger charge is 2.71. The Morgan fingerprint density at radius 3 is 1.69 bits per heavy atom. The van der Waals surface area contributed by atoms with Crippen LogP contribution in [0.2, 0.25) is 0 Å². The third-order valence-electron chi connectivity index (χ3n) is 22.5. The Morgan fingerprint density at radius 1 is 0.736 bits per heavy atom. The van der Waals surface area contributed by atoms with Gasteiger partial charge >= 0.3 is 5.97 Å². The number of hydrogen-bond donors (Lipinski definition) is 6. The van der Waals surface area contributed by atoms with Gasteiger partial charge in [-0.2, -0.15) is 39.0 Å². The van der Waals surface area contributed by atoms with Crippen molar-refractivity contribution in [3.63, 3.8) is 0 Å². The molecule has 5 N–H and O–H groups in total. The Balaban J connectivity index is 0.000000182. The second-order valence-corrected chi connectivity index (χ2v) is 30.1. The molecule has 2 heterocycles. The lowest BCUT2D eigenvalue weighted by Gasteiger charge is -2.60. The van der Waals surface area contributed by atoms with Gasteiger partial charge in [-0.15, -0.1) is 12.6 Å². The van der Waals surface area contributed by atoms with Crippen LogP contribution in [0.1, 0.15) is 148 Å². The average Bonchev–Trinajstić information content (AvgIpc) is 1.66. The van der Waals surface area contributed by atoms with Gasteiger partial charge in [0.1, 0.15) is 5.60 Å². The number of aromatic nitrogens is 4. The molecular weight excluding hydrogens is 1180 g/mol. The van der Waals surface area contributed by atoms with E-state index in [9.17, 15) is 44.6 Å². The molecule has 0 saturated heterocycles. The fourth-order valence-electron chi connectivity index (χ4n) is 18.4. The van der Waals surface area contributed by atoms with Crippen LogP contribution in [0.25, 0.3) is 23.5 Å². The summed E-state index contributed by atoms with van der Waals surface area (Å²) in [5.74, 6) is 1.80. The molecule has 0 spiro atoms. The van der Waals surface area contributed by atoms with Crippen LogP contribution in [-0.4, -0.2) is 129 Å². The van der Waals surface area contributed by atoms with Crippen molar-refractivity contribution in [2.75, 3.05) is 42.9 Å². The summed E-state index contributed by atoms with van der Waals surface area (Å²) in [5.41, 5.74) is 5.05. The molecule has 16 nitrogen and oxygen atoms in total. The first-order valence-corrected chi connectivity index (χ1v) is 35.2. The number of aliphatic hydroxyl groups excluding tert-OH is 2. The molecule has 6 fully saturated rings. The highest BCUT2D eigenvalue weighted by molar-refractivity contribution is 8.14. The molecule has 14 atom stereocenters. The molecule has 8 aliphatic rings. The highest BCUT2D eigenvalue weighted by atomic mass is 32.2. The SMILES string of the molecule is CCC(=O)O[C@]1(C(=O)SCC#N)CC[C@H]2[C@@H]3CCC4=Cc5c(cnn5-c5cccc(C(=O)NCCSC)c5)C[C@]4(C)[C@H]3[C@@H](O)C[C@@]21C.CSCCNC(=O)c1cccc(-n2ncc3c2C=C2CC[C@@H]4[C@H]([C@@H](O)C[C@@]5(C)[C@H]4CC[C@]5(O)C(=O)S)[C@@]2(C)C3)c1. The van der Waals surface area contributed by atoms with E-state index in [0.29, 0.717) is 49.9 Å². The van der Waals surface area contributed by atoms with E-state index in [2.05, 4.69) is 49.3 Å². The van der Waals surface area contributed by atoms with Crippen molar-refractivity contribution in [2.45, 2.75) is 141 Å². The topological polar surface area (TPSA) is 239 Å². The van der Waals surface area contributed by atoms with Gasteiger partial charge in [-0.25, -0.2) is 9.36 Å². The number of fused-ring (bicyclic) bond motifs is 12. The maximum atomic E-state index is 13.8. The van der Waals surface area contributed by atoms with E-state index in [1.807, 2.05) is 103 Å². The number of nitrogens with zero attached hydrogens (tertiary/aromatic N) is 5. The van der Waals surface area contributed by atoms with Gasteiger partial charge in [0.15, 0.2) is 5.60 Å². The van der Waals surface area contributed by atoms with Crippen LogP contribution in [-0.2, 0) is 32.0 Å². The van der Waals surface area contributed by atoms with Crippen LogP contribution in [0.4, 0.5) is 0 Å². The lowest BCUT2D eigenvalue weighted by atomic mass is 9.45. The molecule has 87 heavy (non-hydrogen) atoms. The van der Waals surface area contributed by atoms with Gasteiger partial charge in [-0.05, 0) is 196 Å². The maximum Gasteiger partial charge on any atom is 0.306 e. The number of aliphatic hydroxyl groups is 3. The third-order valence-corrected chi connectivity index (χ3v) is 25.0. The van der Waals surface area contributed by atoms with E-state index < -0.39 is 45.3 Å². The average molecular weight is 1260 g/mol. The van der Waals surface area contributed by atoms with E-state index in [0.717, 1.165) is 109 Å². The van der Waals surface area contributed by atoms with Gasteiger partial charge in [-0.1, -0.05) is 69.7 Å². The first kappa shape index (κ1) is 63.4. The summed E-state index contributed by atoms with van der Waals surface area (Å²) < 4.78 is 9.94. The van der Waals surface area contributed by atoms with Crippen LogP contribution < -0.4 is 10.6 Å². The van der Waals surface area contributed by atoms with Crippen molar-refractivity contribution in [2.24, 2.45) is 57.2 Å². The standard InChI is InChI=1S/C36H44N4O5S2.C31H39N3O4S2/c1-5-30(42)45-36(33(44)47-15-13-37)12-11-27-26-10-9-24-18-28-23(19-34(24,2)31(26)29(41)20-35(27,36)3)21-39-40(28)25-8-6-7-22(17-25)32(43)38-14-16-46-4;1-29-15-19-17-33-34(21-6-4-5-18(13-21)27(36)32-11-12-40-3)24(19)14-20(29)7-8-22-23-9-10-31(38,28(37)39)30(23,2)16-25(35)26(22)29/h6-8,17-18,21,26-27,29,31,41H,5,9-12,14-16,19-20H2,1-4H3,(H,38,43);4-6,13-14,17,22-23,25-26,35,38H,7-12,15-16H2,1-3H3,(H,32,36)(H,37,39)/t26-,27-,29-,31+,34-,35-,36-;22-,23-,25-,26+,29-,30-,31-/m00/s1. The van der Waals surface area contributed by atoms with E-state index in [4.69, 9.17) is 14.9 Å². The molecule has 6 saturated carbocycles. The molecule has 0 aliphatic heterocycles. The summed E-state index contributed by atoms with van der Waals surface area (Å²) in [6.07, 6.45) is 19.4. The van der Waals surface area contributed by atoms with Crippen molar-refractivity contribution in [3.05, 3.63) is 106 Å². The van der Waals surface area contributed by atoms with Gasteiger partial charge in [0, 0.05) is 53.0 Å². The fourth-order valence-corrected chi connectivity index (χ4v) is 20.2. The van der Waals surface area contributed by atoms with Crippen LogP contribution >= 0.6 is 47.9 Å². The van der Waals surface area contributed by atoms with Gasteiger partial charge < -0.3 is 30.7 Å². The zero-order chi connectivity index (χ0) is 62.0. The fraction of sp³-hybridized carbons (Fsp3) is 0.582. The van der Waals surface area contributed by atoms with E-state index >= 15 is 0 Å². The molecule has 2 amide bonds. The number of allylic oxidation sites excluding steroid dienone is 2. The van der Waals surface area contributed by atoms with Gasteiger partial charge in [0.05, 0.1) is 59.2 Å². The lowest BCUT2D eigenvalue weighted by Crippen LogP contribution is -2.62. The molecule has 12 rings (SSSR count). The molecule has 20 heteroatoms. The predicted octanol–water partition coefficient (Wildman–Crippen LogP) is 9.90. The molecule has 0 bridgehead atoms. The second kappa shape index (κ2) is 24.6. The summed E-state index contributed by atoms with van der Waals surface area (Å²) >= 11 is 8.39. The quantitative estimate of drug-likeness (QED) is 0.0369. The Hall–Kier alpha value is -5.14. The van der Waals surface area contributed by atoms with Crippen molar-refractivity contribution >= 4 is 88.1 Å². The molecular formula is C67H83N7O9S4. The van der Waals surface area contributed by atoms with Crippen molar-refractivity contribution < 1.29 is 44.0 Å². The number of rotatable bonds is 15. The van der Waals surface area contributed by atoms with Crippen molar-refractivity contribution in [1.82, 2.24) is 30.2 Å². The number of hydrogen-bond acceptors (Lipinski definition) is 15. The number of ether oxygens (including phenoxy) is 1. The summed E-state index contributed by atoms with van der Waals surface area (Å²) in [7, 11) is 0. The number of nitriles is 1. The van der Waals surface area contributed by atoms with Crippen LogP contribution in [0.3, 0.4) is 0 Å². The lowest BCUT2D eigenvalue weighted by molar-refractivity contribution is -0.196. The molecule has 464 valence electrons. The number of carbonyl (C=O) groups is 5. The first-order chi connectivity index (χ1) is 41.6. The zero-order valence-corrected chi connectivity index (χ0v) is 54.3.